The smallest absolute Gasteiger partial charge is 0.251 e. The van der Waals surface area contributed by atoms with Crippen LogP contribution in [0.1, 0.15) is 24.8 Å². The Morgan fingerprint density at radius 1 is 1.07 bits per heavy atom. The van der Waals surface area contributed by atoms with Crippen molar-refractivity contribution in [2.24, 2.45) is 0 Å². The lowest BCUT2D eigenvalue weighted by molar-refractivity contribution is 0.577. The van der Waals surface area contributed by atoms with Crippen molar-refractivity contribution >= 4 is 28.3 Å². The van der Waals surface area contributed by atoms with Crippen molar-refractivity contribution in [1.82, 2.24) is 14.5 Å². The highest BCUT2D eigenvalue weighted by Gasteiger charge is 2.14. The van der Waals surface area contributed by atoms with E-state index in [1.54, 1.807) is 10.6 Å². The highest BCUT2D eigenvalue weighted by molar-refractivity contribution is 6.30. The molecule has 152 valence electrons. The first-order valence-electron chi connectivity index (χ1n) is 10.3. The van der Waals surface area contributed by atoms with Crippen molar-refractivity contribution in [1.29, 1.82) is 0 Å². The summed E-state index contributed by atoms with van der Waals surface area (Å²) in [4.78, 5) is 23.0. The fourth-order valence-corrected chi connectivity index (χ4v) is 4.41. The van der Waals surface area contributed by atoms with Gasteiger partial charge in [0.05, 0.1) is 18.4 Å². The predicted molar refractivity (Wildman–Crippen MR) is 122 cm³/mol. The monoisotopic (exact) mass is 418 g/mol. The van der Waals surface area contributed by atoms with E-state index in [0.717, 1.165) is 46.5 Å². The van der Waals surface area contributed by atoms with Gasteiger partial charge in [0.25, 0.3) is 5.56 Å². The molecular weight excluding hydrogens is 396 g/mol. The topological polar surface area (TPSA) is 53.9 Å². The molecule has 0 unspecified atom stereocenters. The van der Waals surface area contributed by atoms with Gasteiger partial charge in [-0.15, -0.1) is 0 Å². The lowest BCUT2D eigenvalue weighted by atomic mass is 10.1. The summed E-state index contributed by atoms with van der Waals surface area (Å²) >= 11 is 6.07. The van der Waals surface area contributed by atoms with E-state index >= 15 is 0 Å². The van der Waals surface area contributed by atoms with E-state index in [4.69, 9.17) is 11.6 Å². The van der Waals surface area contributed by atoms with Crippen LogP contribution in [0.3, 0.4) is 0 Å². The second kappa shape index (κ2) is 8.00. The normalized spacial score (nSPS) is 14.4. The Bertz CT molecular complexity index is 1250. The Morgan fingerprint density at radius 2 is 1.93 bits per heavy atom. The number of anilines is 1. The number of H-pyrrole nitrogens is 1. The molecule has 4 aromatic rings. The van der Waals surface area contributed by atoms with Crippen LogP contribution < -0.4 is 10.5 Å². The maximum atomic E-state index is 12.8. The third-order valence-electron chi connectivity index (χ3n) is 5.79. The summed E-state index contributed by atoms with van der Waals surface area (Å²) in [7, 11) is 0. The highest BCUT2D eigenvalue weighted by Crippen LogP contribution is 2.30. The van der Waals surface area contributed by atoms with Crippen LogP contribution in [0, 0.1) is 0 Å². The van der Waals surface area contributed by atoms with Gasteiger partial charge in [0.2, 0.25) is 0 Å². The lowest BCUT2D eigenvalue weighted by Gasteiger charge is -2.28. The fraction of sp³-hybridized carbons (Fsp3) is 0.250. The van der Waals surface area contributed by atoms with Crippen molar-refractivity contribution in [3.8, 4) is 11.1 Å². The van der Waals surface area contributed by atoms with Gasteiger partial charge in [-0.05, 0) is 54.7 Å². The average Bonchev–Trinajstić information content (AvgIpc) is 3.19. The Morgan fingerprint density at radius 3 is 2.73 bits per heavy atom. The number of pyridine rings is 2. The van der Waals surface area contributed by atoms with Gasteiger partial charge in [-0.3, -0.25) is 4.79 Å². The van der Waals surface area contributed by atoms with Crippen LogP contribution in [0.25, 0.3) is 22.2 Å². The molecule has 1 aliphatic heterocycles. The molecule has 1 aromatic carbocycles. The summed E-state index contributed by atoms with van der Waals surface area (Å²) in [5, 5.41) is 1.72. The Labute approximate surface area is 179 Å². The number of aromatic amines is 1. The van der Waals surface area contributed by atoms with Gasteiger partial charge < -0.3 is 14.5 Å². The van der Waals surface area contributed by atoms with E-state index in [2.05, 4.69) is 20.9 Å². The number of hydrogen-bond donors (Lipinski definition) is 1. The Hall–Kier alpha value is -3.05. The van der Waals surface area contributed by atoms with Crippen LogP contribution in [0.15, 0.2) is 65.8 Å². The van der Waals surface area contributed by atoms with Crippen molar-refractivity contribution in [2.75, 3.05) is 18.0 Å². The number of nitrogens with one attached hydrogen (secondary N) is 1. The van der Waals surface area contributed by atoms with Gasteiger partial charge in [0, 0.05) is 47.5 Å². The minimum absolute atomic E-state index is 0.0398. The van der Waals surface area contributed by atoms with Crippen LogP contribution in [0.4, 0.5) is 5.69 Å². The molecule has 0 radical (unpaired) electrons. The zero-order chi connectivity index (χ0) is 20.5. The van der Waals surface area contributed by atoms with E-state index in [1.165, 1.54) is 19.3 Å². The van der Waals surface area contributed by atoms with E-state index in [0.29, 0.717) is 11.6 Å². The number of benzene rings is 1. The number of piperidine rings is 1. The molecule has 1 saturated heterocycles. The Kier molecular flexibility index (Phi) is 5.05. The maximum Gasteiger partial charge on any atom is 0.251 e. The van der Waals surface area contributed by atoms with Crippen LogP contribution in [0.2, 0.25) is 5.02 Å². The third kappa shape index (κ3) is 3.73. The van der Waals surface area contributed by atoms with E-state index in [-0.39, 0.29) is 5.56 Å². The molecule has 5 rings (SSSR count). The number of rotatable bonds is 4. The third-order valence-corrected chi connectivity index (χ3v) is 6.02. The largest absolute Gasteiger partial charge is 0.370 e. The minimum Gasteiger partial charge on any atom is -0.370 e. The molecule has 5 nitrogen and oxygen atoms in total. The standard InChI is InChI=1S/C24H23ClN4O/c25-19-6-4-5-17(11-19)16-29-10-7-18(12-23(29)30)22-15-27-24-21(22)13-20(14-26-24)28-8-2-1-3-9-28/h4-7,10-15H,1-3,8-9,16H2,(H,26,27). The Balaban J connectivity index is 1.47. The number of hydrogen-bond acceptors (Lipinski definition) is 3. The van der Waals surface area contributed by atoms with Crippen LogP contribution in [-0.4, -0.2) is 27.6 Å². The SMILES string of the molecule is O=c1cc(-c2c[nH]c3ncc(N4CCCCC4)cc23)ccn1Cc1cccc(Cl)c1. The number of fused-ring (bicyclic) bond motifs is 1. The quantitative estimate of drug-likeness (QED) is 0.502. The summed E-state index contributed by atoms with van der Waals surface area (Å²) in [5.41, 5.74) is 4.85. The molecule has 0 bridgehead atoms. The molecule has 3 aromatic heterocycles. The average molecular weight is 419 g/mol. The van der Waals surface area contributed by atoms with E-state index < -0.39 is 0 Å². The fourth-order valence-electron chi connectivity index (χ4n) is 4.19. The molecule has 1 fully saturated rings. The predicted octanol–water partition coefficient (Wildman–Crippen LogP) is 5.08. The second-order valence-electron chi connectivity index (χ2n) is 7.85. The molecule has 4 heterocycles. The summed E-state index contributed by atoms with van der Waals surface area (Å²) in [6, 6.07) is 13.5. The van der Waals surface area contributed by atoms with Crippen LogP contribution in [-0.2, 0) is 6.54 Å². The van der Waals surface area contributed by atoms with Gasteiger partial charge in [-0.1, -0.05) is 23.7 Å². The number of aromatic nitrogens is 3. The number of halogens is 1. The van der Waals surface area contributed by atoms with Crippen molar-refractivity contribution < 1.29 is 0 Å². The molecule has 0 spiro atoms. The molecule has 0 amide bonds. The van der Waals surface area contributed by atoms with Gasteiger partial charge in [0.1, 0.15) is 5.65 Å². The number of nitrogens with zero attached hydrogens (tertiary/aromatic N) is 3. The first-order valence-corrected chi connectivity index (χ1v) is 10.7. The second-order valence-corrected chi connectivity index (χ2v) is 8.29. The summed E-state index contributed by atoms with van der Waals surface area (Å²) in [5.74, 6) is 0. The molecule has 0 saturated carbocycles. The molecule has 1 aliphatic rings. The highest BCUT2D eigenvalue weighted by atomic mass is 35.5. The van der Waals surface area contributed by atoms with E-state index in [9.17, 15) is 4.79 Å². The summed E-state index contributed by atoms with van der Waals surface area (Å²) in [6.07, 6.45) is 9.47. The minimum atomic E-state index is -0.0398. The molecule has 0 aliphatic carbocycles. The molecule has 0 atom stereocenters. The van der Waals surface area contributed by atoms with Crippen LogP contribution in [0.5, 0.6) is 0 Å². The van der Waals surface area contributed by atoms with Gasteiger partial charge in [0.15, 0.2) is 0 Å². The summed E-state index contributed by atoms with van der Waals surface area (Å²) < 4.78 is 1.70. The molecule has 30 heavy (non-hydrogen) atoms. The maximum absolute atomic E-state index is 12.8. The van der Waals surface area contributed by atoms with E-state index in [1.807, 2.05) is 48.9 Å². The molecule has 6 heteroatoms. The lowest BCUT2D eigenvalue weighted by Crippen LogP contribution is -2.29. The molecule has 1 N–H and O–H groups in total. The zero-order valence-corrected chi connectivity index (χ0v) is 17.4. The molecular formula is C24H23ClN4O. The zero-order valence-electron chi connectivity index (χ0n) is 16.6. The first kappa shape index (κ1) is 18.9. The van der Waals surface area contributed by atoms with Gasteiger partial charge >= 0.3 is 0 Å². The first-order chi connectivity index (χ1) is 14.7. The summed E-state index contributed by atoms with van der Waals surface area (Å²) in [6.45, 7) is 2.65. The van der Waals surface area contributed by atoms with Gasteiger partial charge in [-0.2, -0.15) is 0 Å². The van der Waals surface area contributed by atoms with Crippen LogP contribution >= 0.6 is 11.6 Å². The van der Waals surface area contributed by atoms with Crippen molar-refractivity contribution in [3.63, 3.8) is 0 Å². The van der Waals surface area contributed by atoms with Crippen molar-refractivity contribution in [3.05, 3.63) is 82.0 Å². The van der Waals surface area contributed by atoms with Crippen molar-refractivity contribution in [2.45, 2.75) is 25.8 Å². The van der Waals surface area contributed by atoms with Gasteiger partial charge in [-0.25, -0.2) is 4.98 Å².